The van der Waals surface area contributed by atoms with E-state index in [-0.39, 0.29) is 11.7 Å². The Balaban J connectivity index is 2.10. The van der Waals surface area contributed by atoms with E-state index in [4.69, 9.17) is 9.47 Å². The van der Waals surface area contributed by atoms with Crippen LogP contribution in [0.3, 0.4) is 0 Å². The molecule has 3 atom stereocenters. The summed E-state index contributed by atoms with van der Waals surface area (Å²) >= 11 is 0. The quantitative estimate of drug-likeness (QED) is 0.798. The number of morpholine rings is 1. The van der Waals surface area contributed by atoms with Gasteiger partial charge in [-0.1, -0.05) is 26.2 Å². The number of carbonyl (C=O) groups excluding carboxylic acids is 2. The van der Waals surface area contributed by atoms with E-state index in [2.05, 4.69) is 6.92 Å². The van der Waals surface area contributed by atoms with E-state index in [0.29, 0.717) is 25.7 Å². The van der Waals surface area contributed by atoms with Gasteiger partial charge < -0.3 is 9.47 Å². The van der Waals surface area contributed by atoms with E-state index in [1.54, 1.807) is 4.90 Å². The molecule has 2 fully saturated rings. The minimum Gasteiger partial charge on any atom is -0.444 e. The van der Waals surface area contributed by atoms with Crippen molar-refractivity contribution in [1.29, 1.82) is 0 Å². The molecule has 1 amide bonds. The van der Waals surface area contributed by atoms with Crippen LogP contribution < -0.4 is 0 Å². The molecule has 132 valence electrons. The Morgan fingerprint density at radius 1 is 1.22 bits per heavy atom. The van der Waals surface area contributed by atoms with Crippen molar-refractivity contribution < 1.29 is 19.1 Å². The number of hydrogen-bond donors (Lipinski definition) is 0. The average Bonchev–Trinajstić information content (AvgIpc) is 2.52. The summed E-state index contributed by atoms with van der Waals surface area (Å²) in [5.41, 5.74) is -0.556. The Labute approximate surface area is 139 Å². The Morgan fingerprint density at radius 3 is 2.57 bits per heavy atom. The standard InChI is InChI=1S/C18H31NO4/c1-5-13-8-6-7-9-14(13)16(20)15-12-22-11-10-19(15)17(21)23-18(2,3)4/h13-15H,5-12H2,1-4H3. The number of nitrogens with zero attached hydrogens (tertiary/aromatic N) is 1. The molecule has 1 saturated heterocycles. The third kappa shape index (κ3) is 4.69. The van der Waals surface area contributed by atoms with Crippen molar-refractivity contribution in [1.82, 2.24) is 4.90 Å². The molecule has 5 heteroatoms. The third-order valence-electron chi connectivity index (χ3n) is 4.88. The summed E-state index contributed by atoms with van der Waals surface area (Å²) in [5.74, 6) is 0.672. The fraction of sp³-hybridized carbons (Fsp3) is 0.889. The predicted molar refractivity (Wildman–Crippen MR) is 88.3 cm³/mol. The van der Waals surface area contributed by atoms with E-state index in [0.717, 1.165) is 25.7 Å². The second-order valence-corrected chi connectivity index (χ2v) is 7.73. The molecule has 2 aliphatic rings. The number of rotatable bonds is 3. The lowest BCUT2D eigenvalue weighted by Gasteiger charge is -2.39. The first-order valence-corrected chi connectivity index (χ1v) is 8.94. The molecule has 0 spiro atoms. The van der Waals surface area contributed by atoms with Crippen LogP contribution in [0, 0.1) is 11.8 Å². The lowest BCUT2D eigenvalue weighted by molar-refractivity contribution is -0.137. The summed E-state index contributed by atoms with van der Waals surface area (Å²) in [7, 11) is 0. The van der Waals surface area contributed by atoms with Crippen LogP contribution in [0.2, 0.25) is 0 Å². The van der Waals surface area contributed by atoms with Crippen molar-refractivity contribution in [2.24, 2.45) is 11.8 Å². The van der Waals surface area contributed by atoms with Crippen molar-refractivity contribution in [2.75, 3.05) is 19.8 Å². The molecule has 0 bridgehead atoms. The normalized spacial score (nSPS) is 29.2. The van der Waals surface area contributed by atoms with Gasteiger partial charge in [0, 0.05) is 12.5 Å². The van der Waals surface area contributed by atoms with Crippen LogP contribution in [0.25, 0.3) is 0 Å². The molecule has 0 aromatic rings. The summed E-state index contributed by atoms with van der Waals surface area (Å²) in [6.07, 6.45) is 4.99. The molecule has 1 heterocycles. The molecule has 0 aromatic heterocycles. The third-order valence-corrected chi connectivity index (χ3v) is 4.88. The maximum Gasteiger partial charge on any atom is 0.411 e. The van der Waals surface area contributed by atoms with E-state index in [9.17, 15) is 9.59 Å². The topological polar surface area (TPSA) is 55.8 Å². The molecule has 3 unspecified atom stereocenters. The molecule has 1 saturated carbocycles. The smallest absolute Gasteiger partial charge is 0.411 e. The maximum absolute atomic E-state index is 13.1. The van der Waals surface area contributed by atoms with Gasteiger partial charge in [-0.2, -0.15) is 0 Å². The summed E-state index contributed by atoms with van der Waals surface area (Å²) in [6.45, 7) is 8.87. The largest absolute Gasteiger partial charge is 0.444 e. The second-order valence-electron chi connectivity index (χ2n) is 7.73. The van der Waals surface area contributed by atoms with Gasteiger partial charge in [-0.3, -0.25) is 9.69 Å². The molecule has 0 N–H and O–H groups in total. The fourth-order valence-electron chi connectivity index (χ4n) is 3.70. The zero-order valence-corrected chi connectivity index (χ0v) is 15.0. The molecule has 1 aliphatic heterocycles. The van der Waals surface area contributed by atoms with Gasteiger partial charge in [-0.05, 0) is 39.5 Å². The number of hydrogen-bond acceptors (Lipinski definition) is 4. The minimum absolute atomic E-state index is 0.0605. The average molecular weight is 325 g/mol. The van der Waals surface area contributed by atoms with Crippen LogP contribution in [0.1, 0.15) is 59.8 Å². The van der Waals surface area contributed by atoms with Crippen LogP contribution in [-0.2, 0) is 14.3 Å². The number of carbonyl (C=O) groups is 2. The highest BCUT2D eigenvalue weighted by Gasteiger charge is 2.40. The van der Waals surface area contributed by atoms with Crippen molar-refractivity contribution in [3.63, 3.8) is 0 Å². The highest BCUT2D eigenvalue weighted by molar-refractivity contribution is 5.90. The van der Waals surface area contributed by atoms with E-state index in [1.165, 1.54) is 6.42 Å². The van der Waals surface area contributed by atoms with Gasteiger partial charge in [0.1, 0.15) is 11.6 Å². The zero-order valence-electron chi connectivity index (χ0n) is 15.0. The van der Waals surface area contributed by atoms with Gasteiger partial charge in [0.15, 0.2) is 5.78 Å². The summed E-state index contributed by atoms with van der Waals surface area (Å²) in [6, 6.07) is -0.490. The Bertz CT molecular complexity index is 429. The molecular formula is C18H31NO4. The first kappa shape index (κ1) is 18.2. The Morgan fingerprint density at radius 2 is 1.91 bits per heavy atom. The van der Waals surface area contributed by atoms with Crippen LogP contribution >= 0.6 is 0 Å². The van der Waals surface area contributed by atoms with Crippen molar-refractivity contribution in [2.45, 2.75) is 71.4 Å². The summed E-state index contributed by atoms with van der Waals surface area (Å²) in [4.78, 5) is 27.1. The number of Topliss-reactive ketones (excluding diaryl/α,β-unsaturated/α-hetero) is 1. The van der Waals surface area contributed by atoms with Gasteiger partial charge in [0.25, 0.3) is 0 Å². The van der Waals surface area contributed by atoms with Crippen LogP contribution in [0.5, 0.6) is 0 Å². The second kappa shape index (κ2) is 7.65. The molecule has 2 rings (SSSR count). The molecular weight excluding hydrogens is 294 g/mol. The van der Waals surface area contributed by atoms with Crippen molar-refractivity contribution in [3.05, 3.63) is 0 Å². The molecule has 0 aromatic carbocycles. The Hall–Kier alpha value is -1.10. The van der Waals surface area contributed by atoms with Crippen LogP contribution in [0.4, 0.5) is 4.79 Å². The van der Waals surface area contributed by atoms with E-state index >= 15 is 0 Å². The van der Waals surface area contributed by atoms with Gasteiger partial charge in [-0.25, -0.2) is 4.79 Å². The van der Waals surface area contributed by atoms with Crippen molar-refractivity contribution in [3.8, 4) is 0 Å². The first-order valence-electron chi connectivity index (χ1n) is 8.94. The lowest BCUT2D eigenvalue weighted by Crippen LogP contribution is -2.56. The number of amides is 1. The maximum atomic E-state index is 13.1. The van der Waals surface area contributed by atoms with Gasteiger partial charge in [-0.15, -0.1) is 0 Å². The highest BCUT2D eigenvalue weighted by Crippen LogP contribution is 2.34. The van der Waals surface area contributed by atoms with Crippen molar-refractivity contribution >= 4 is 11.9 Å². The van der Waals surface area contributed by atoms with Gasteiger partial charge in [0.05, 0.1) is 13.2 Å². The monoisotopic (exact) mass is 325 g/mol. The number of ether oxygens (including phenoxy) is 2. The van der Waals surface area contributed by atoms with Crippen LogP contribution in [0.15, 0.2) is 0 Å². The van der Waals surface area contributed by atoms with Gasteiger partial charge in [0.2, 0.25) is 0 Å². The molecule has 23 heavy (non-hydrogen) atoms. The molecule has 5 nitrogen and oxygen atoms in total. The first-order chi connectivity index (χ1) is 10.8. The van der Waals surface area contributed by atoms with Gasteiger partial charge >= 0.3 is 6.09 Å². The minimum atomic E-state index is -0.556. The van der Waals surface area contributed by atoms with E-state index < -0.39 is 17.7 Å². The Kier molecular flexibility index (Phi) is 6.06. The fourth-order valence-corrected chi connectivity index (χ4v) is 3.70. The summed E-state index contributed by atoms with van der Waals surface area (Å²) < 4.78 is 11.0. The van der Waals surface area contributed by atoms with E-state index in [1.807, 2.05) is 20.8 Å². The SMILES string of the molecule is CCC1CCCCC1C(=O)C1COCCN1C(=O)OC(C)(C)C. The number of ketones is 1. The van der Waals surface area contributed by atoms with Crippen LogP contribution in [-0.4, -0.2) is 48.2 Å². The summed E-state index contributed by atoms with van der Waals surface area (Å²) in [5, 5.41) is 0. The lowest BCUT2D eigenvalue weighted by atomic mass is 9.74. The highest BCUT2D eigenvalue weighted by atomic mass is 16.6. The zero-order chi connectivity index (χ0) is 17.0. The predicted octanol–water partition coefficient (Wildman–Crippen LogP) is 3.41. The molecule has 0 radical (unpaired) electrons. The molecule has 1 aliphatic carbocycles.